The Kier molecular flexibility index (Phi) is 6.17. The van der Waals surface area contributed by atoms with Gasteiger partial charge in [-0.1, -0.05) is 55.0 Å². The molecule has 1 heterocycles. The highest BCUT2D eigenvalue weighted by Crippen LogP contribution is 2.32. The van der Waals surface area contributed by atoms with Crippen molar-refractivity contribution in [3.8, 4) is 6.07 Å². The molecule has 0 bridgehead atoms. The quantitative estimate of drug-likeness (QED) is 0.718. The fraction of sp³-hybridized carbons (Fsp3) is 0.304. The zero-order valence-corrected chi connectivity index (χ0v) is 17.1. The molecule has 3 rings (SSSR count). The van der Waals surface area contributed by atoms with Gasteiger partial charge in [0.25, 0.3) is 5.91 Å². The highest BCUT2D eigenvalue weighted by atomic mass is 16.2. The van der Waals surface area contributed by atoms with Crippen molar-refractivity contribution in [3.05, 3.63) is 65.7 Å². The van der Waals surface area contributed by atoms with Crippen LogP contribution in [0.15, 0.2) is 54.6 Å². The van der Waals surface area contributed by atoms with E-state index in [1.54, 1.807) is 36.4 Å². The maximum absolute atomic E-state index is 13.2. The topological polar surface area (TPSA) is 93.5 Å². The Bertz CT molecular complexity index is 982. The number of urea groups is 1. The molecule has 1 aliphatic heterocycles. The van der Waals surface area contributed by atoms with Crippen molar-refractivity contribution in [3.63, 3.8) is 0 Å². The second kappa shape index (κ2) is 8.78. The predicted octanol–water partition coefficient (Wildman–Crippen LogP) is 3.10. The van der Waals surface area contributed by atoms with E-state index in [4.69, 9.17) is 5.26 Å². The van der Waals surface area contributed by atoms with Crippen LogP contribution in [0.25, 0.3) is 0 Å². The van der Waals surface area contributed by atoms with Gasteiger partial charge in [0.05, 0.1) is 12.5 Å². The predicted molar refractivity (Wildman–Crippen MR) is 112 cm³/mol. The van der Waals surface area contributed by atoms with Crippen LogP contribution in [0, 0.1) is 18.3 Å². The highest BCUT2D eigenvalue weighted by molar-refractivity contribution is 6.10. The molecule has 0 aliphatic carbocycles. The van der Waals surface area contributed by atoms with Crippen LogP contribution in [-0.4, -0.2) is 35.8 Å². The summed E-state index contributed by atoms with van der Waals surface area (Å²) in [5.74, 6) is -0.865. The maximum Gasteiger partial charge on any atom is 0.325 e. The first-order valence-corrected chi connectivity index (χ1v) is 9.86. The molecular formula is C23H24N4O3. The summed E-state index contributed by atoms with van der Waals surface area (Å²) < 4.78 is 0. The summed E-state index contributed by atoms with van der Waals surface area (Å²) in [5.41, 5.74) is 1.16. The fourth-order valence-electron chi connectivity index (χ4n) is 3.64. The average molecular weight is 404 g/mol. The Morgan fingerprint density at radius 3 is 2.40 bits per heavy atom. The van der Waals surface area contributed by atoms with E-state index < -0.39 is 29.9 Å². The minimum absolute atomic E-state index is 0.142. The molecule has 7 nitrogen and oxygen atoms in total. The molecule has 2 aromatic rings. The molecule has 1 N–H and O–H groups in total. The number of carbonyl (C=O) groups is 3. The van der Waals surface area contributed by atoms with E-state index in [-0.39, 0.29) is 13.0 Å². The van der Waals surface area contributed by atoms with Crippen LogP contribution in [0.2, 0.25) is 0 Å². The number of nitrogens with zero attached hydrogens (tertiary/aromatic N) is 3. The molecule has 1 atom stereocenters. The lowest BCUT2D eigenvalue weighted by Gasteiger charge is -2.27. The van der Waals surface area contributed by atoms with E-state index in [0.717, 1.165) is 10.5 Å². The van der Waals surface area contributed by atoms with Crippen molar-refractivity contribution in [1.82, 2.24) is 10.2 Å². The second-order valence-corrected chi connectivity index (χ2v) is 7.24. The van der Waals surface area contributed by atoms with E-state index in [9.17, 15) is 14.4 Å². The highest BCUT2D eigenvalue weighted by Gasteiger charge is 2.51. The largest absolute Gasteiger partial charge is 0.325 e. The average Bonchev–Trinajstić information content (AvgIpc) is 3.01. The molecule has 0 unspecified atom stereocenters. The molecule has 0 aromatic heterocycles. The molecule has 7 heteroatoms. The summed E-state index contributed by atoms with van der Waals surface area (Å²) in [4.78, 5) is 41.4. The van der Waals surface area contributed by atoms with Gasteiger partial charge >= 0.3 is 6.03 Å². The van der Waals surface area contributed by atoms with Gasteiger partial charge in [-0.05, 0) is 31.0 Å². The molecule has 154 valence electrons. The van der Waals surface area contributed by atoms with Crippen LogP contribution in [0.5, 0.6) is 0 Å². The van der Waals surface area contributed by atoms with Gasteiger partial charge in [0.15, 0.2) is 0 Å². The van der Waals surface area contributed by atoms with Crippen molar-refractivity contribution in [1.29, 1.82) is 5.26 Å². The summed E-state index contributed by atoms with van der Waals surface area (Å²) in [6.45, 7) is 3.55. The third kappa shape index (κ3) is 3.90. The minimum Gasteiger partial charge on any atom is -0.319 e. The normalized spacial score (nSPS) is 18.1. The Morgan fingerprint density at radius 1 is 1.13 bits per heavy atom. The molecule has 4 amide bonds. The van der Waals surface area contributed by atoms with Crippen LogP contribution in [0.3, 0.4) is 0 Å². The van der Waals surface area contributed by atoms with Gasteiger partial charge in [-0.15, -0.1) is 0 Å². The van der Waals surface area contributed by atoms with Gasteiger partial charge in [-0.25, -0.2) is 4.79 Å². The first kappa shape index (κ1) is 21.1. The molecule has 0 radical (unpaired) electrons. The number of nitrogens with one attached hydrogen (secondary N) is 1. The number of aryl methyl sites for hydroxylation is 1. The van der Waals surface area contributed by atoms with Crippen LogP contribution in [0.1, 0.15) is 30.9 Å². The van der Waals surface area contributed by atoms with Crippen LogP contribution >= 0.6 is 0 Å². The maximum atomic E-state index is 13.2. The van der Waals surface area contributed by atoms with Crippen molar-refractivity contribution in [2.24, 2.45) is 0 Å². The van der Waals surface area contributed by atoms with Gasteiger partial charge in [-0.3, -0.25) is 14.5 Å². The lowest BCUT2D eigenvalue weighted by atomic mass is 9.87. The minimum atomic E-state index is -1.18. The molecule has 30 heavy (non-hydrogen) atoms. The number of amides is 4. The molecule has 0 spiro atoms. The number of carbonyl (C=O) groups excluding carboxylic acids is 3. The van der Waals surface area contributed by atoms with Gasteiger partial charge in [0.2, 0.25) is 5.91 Å². The summed E-state index contributed by atoms with van der Waals surface area (Å²) in [6, 6.07) is 17.8. The van der Waals surface area contributed by atoms with Gasteiger partial charge in [0, 0.05) is 12.2 Å². The number of hydrogen-bond acceptors (Lipinski definition) is 4. The van der Waals surface area contributed by atoms with Gasteiger partial charge < -0.3 is 10.2 Å². The Balaban J connectivity index is 1.85. The molecule has 2 aromatic carbocycles. The first-order chi connectivity index (χ1) is 14.4. The Hall–Kier alpha value is -3.66. The van der Waals surface area contributed by atoms with Gasteiger partial charge in [0.1, 0.15) is 12.1 Å². The monoisotopic (exact) mass is 404 g/mol. The fourth-order valence-corrected chi connectivity index (χ4v) is 3.64. The van der Waals surface area contributed by atoms with E-state index >= 15 is 0 Å². The lowest BCUT2D eigenvalue weighted by molar-refractivity contribution is -0.134. The molecule has 0 saturated carbocycles. The summed E-state index contributed by atoms with van der Waals surface area (Å²) in [6.07, 6.45) is 0.505. The first-order valence-electron chi connectivity index (χ1n) is 9.86. The lowest BCUT2D eigenvalue weighted by Crippen LogP contribution is -2.46. The van der Waals surface area contributed by atoms with Crippen LogP contribution < -0.4 is 10.2 Å². The molecular weight excluding hydrogens is 380 g/mol. The van der Waals surface area contributed by atoms with Crippen molar-refractivity contribution in [2.45, 2.75) is 32.2 Å². The number of rotatable bonds is 7. The zero-order chi connectivity index (χ0) is 21.7. The van der Waals surface area contributed by atoms with E-state index in [1.165, 1.54) is 4.90 Å². The van der Waals surface area contributed by atoms with Crippen LogP contribution in [-0.2, 0) is 15.1 Å². The van der Waals surface area contributed by atoms with E-state index in [2.05, 4.69) is 5.32 Å². The van der Waals surface area contributed by atoms with Crippen molar-refractivity contribution >= 4 is 23.5 Å². The second-order valence-electron chi connectivity index (χ2n) is 7.24. The molecule has 1 aliphatic rings. The smallest absolute Gasteiger partial charge is 0.319 e. The third-order valence-corrected chi connectivity index (χ3v) is 5.36. The summed E-state index contributed by atoms with van der Waals surface area (Å²) in [7, 11) is 0. The van der Waals surface area contributed by atoms with Crippen molar-refractivity contribution in [2.75, 3.05) is 18.0 Å². The summed E-state index contributed by atoms with van der Waals surface area (Å²) in [5, 5.41) is 11.7. The number of imide groups is 1. The summed E-state index contributed by atoms with van der Waals surface area (Å²) >= 11 is 0. The standard InChI is InChI=1S/C23H24N4O3/c1-3-23(18-8-5-4-6-9-18)21(29)27(22(30)25-23)16-20(28)26(15-7-14-24)19-12-10-17(2)11-13-19/h4-6,8-13H,3,7,15-16H2,1-2H3,(H,25,30)/t23-/m1/s1. The number of hydrogen-bond donors (Lipinski definition) is 1. The number of benzene rings is 2. The van der Waals surface area contributed by atoms with E-state index in [1.807, 2.05) is 38.1 Å². The number of anilines is 1. The Labute approximate surface area is 175 Å². The van der Waals surface area contributed by atoms with Crippen LogP contribution in [0.4, 0.5) is 10.5 Å². The molecule has 1 saturated heterocycles. The third-order valence-electron chi connectivity index (χ3n) is 5.36. The molecule has 1 fully saturated rings. The SMILES string of the molecule is CC[C@]1(c2ccccc2)NC(=O)N(CC(=O)N(CCC#N)c2ccc(C)cc2)C1=O. The van der Waals surface area contributed by atoms with E-state index in [0.29, 0.717) is 17.7 Å². The number of nitriles is 1. The zero-order valence-electron chi connectivity index (χ0n) is 17.1. The van der Waals surface area contributed by atoms with Crippen molar-refractivity contribution < 1.29 is 14.4 Å². The van der Waals surface area contributed by atoms with Gasteiger partial charge in [-0.2, -0.15) is 5.26 Å². The Morgan fingerprint density at radius 2 is 1.80 bits per heavy atom.